The number of halogens is 1. The van der Waals surface area contributed by atoms with Gasteiger partial charge in [0.15, 0.2) is 0 Å². The molecule has 5 aromatic carbocycles. The number of aromatic nitrogens is 1. The van der Waals surface area contributed by atoms with E-state index in [9.17, 15) is 0 Å². The molecule has 0 saturated carbocycles. The van der Waals surface area contributed by atoms with Crippen molar-refractivity contribution in [3.63, 3.8) is 0 Å². The van der Waals surface area contributed by atoms with E-state index in [1.165, 1.54) is 21.2 Å². The molecule has 0 aliphatic carbocycles. The predicted molar refractivity (Wildman–Crippen MR) is 184 cm³/mol. The highest BCUT2D eigenvalue weighted by molar-refractivity contribution is 7.80. The molecule has 0 N–H and O–H groups in total. The lowest BCUT2D eigenvalue weighted by molar-refractivity contribution is 1.16. The molecule has 0 spiro atoms. The third kappa shape index (κ3) is 6.92. The van der Waals surface area contributed by atoms with Gasteiger partial charge in [0.05, 0.1) is 17.6 Å². The minimum Gasteiger partial charge on any atom is -0.254 e. The van der Waals surface area contributed by atoms with Crippen LogP contribution in [0.25, 0.3) is 0 Å². The van der Waals surface area contributed by atoms with Gasteiger partial charge < -0.3 is 0 Å². The molecule has 0 bridgehead atoms. The largest absolute Gasteiger partial charge is 0.254 e. The number of hydrogen-bond acceptors (Lipinski definition) is 2. The zero-order chi connectivity index (χ0) is 28.6. The fraction of sp³-hybridized carbons (Fsp3) is 0.0270. The summed E-state index contributed by atoms with van der Waals surface area (Å²) in [5, 5.41) is 7.06. The summed E-state index contributed by atoms with van der Waals surface area (Å²) >= 11 is 6.51. The Morgan fingerprint density at radius 1 is 0.571 bits per heavy atom. The SMILES string of the molecule is Clc1ccc(P(c2ccccc2)c2ccccc2)c(/N=C/c2cccc(CP(c3ccccc3)c3ccccc3)n2)c1. The van der Waals surface area contributed by atoms with E-state index in [1.807, 2.05) is 24.4 Å². The molecule has 6 aromatic rings. The van der Waals surface area contributed by atoms with Crippen LogP contribution >= 0.6 is 27.4 Å². The van der Waals surface area contributed by atoms with Gasteiger partial charge in [-0.2, -0.15) is 0 Å². The standard InChI is InChI=1S/C37H29ClN2P2/c38-29-24-25-37(42(34-20-9-3-10-21-34)35-22-11-4-12-23-35)36(26-29)39-27-30-14-13-15-31(40-30)28-41(32-16-5-1-6-17-32)33-18-7-2-8-19-33/h1-27H,28H2/b39-27+. The van der Waals surface area contributed by atoms with Crippen LogP contribution in [0.15, 0.2) is 163 Å². The van der Waals surface area contributed by atoms with Gasteiger partial charge in [0.2, 0.25) is 0 Å². The lowest BCUT2D eigenvalue weighted by atomic mass is 10.3. The molecular formula is C37H29ClN2P2. The number of aliphatic imine (C=N–C) groups is 1. The highest BCUT2D eigenvalue weighted by Gasteiger charge is 2.20. The monoisotopic (exact) mass is 598 g/mol. The summed E-state index contributed by atoms with van der Waals surface area (Å²) in [4.78, 5) is 10.0. The topological polar surface area (TPSA) is 25.2 Å². The van der Waals surface area contributed by atoms with Gasteiger partial charge in [-0.05, 0) is 61.3 Å². The van der Waals surface area contributed by atoms with Crippen LogP contribution < -0.4 is 26.5 Å². The van der Waals surface area contributed by atoms with Gasteiger partial charge in [0.1, 0.15) is 0 Å². The van der Waals surface area contributed by atoms with Crippen molar-refractivity contribution in [2.75, 3.05) is 0 Å². The summed E-state index contributed by atoms with van der Waals surface area (Å²) in [6.45, 7) is 0. The molecular weight excluding hydrogens is 570 g/mol. The van der Waals surface area contributed by atoms with Gasteiger partial charge in [-0.25, -0.2) is 0 Å². The van der Waals surface area contributed by atoms with Crippen LogP contribution in [0.1, 0.15) is 11.4 Å². The van der Waals surface area contributed by atoms with Crippen LogP contribution in [0.5, 0.6) is 0 Å². The maximum Gasteiger partial charge on any atom is 0.0816 e. The zero-order valence-electron chi connectivity index (χ0n) is 23.0. The maximum absolute atomic E-state index is 6.51. The minimum absolute atomic E-state index is 0.584. The molecule has 204 valence electrons. The number of benzene rings is 5. The Hall–Kier alpha value is -3.93. The summed E-state index contributed by atoms with van der Waals surface area (Å²) in [6, 6.07) is 55.1. The molecule has 0 atom stereocenters. The molecule has 1 heterocycles. The second-order valence-electron chi connectivity index (χ2n) is 9.71. The Morgan fingerprint density at radius 3 is 1.64 bits per heavy atom. The van der Waals surface area contributed by atoms with Crippen molar-refractivity contribution in [3.8, 4) is 0 Å². The van der Waals surface area contributed by atoms with Crippen molar-refractivity contribution in [1.82, 2.24) is 4.98 Å². The predicted octanol–water partition coefficient (Wildman–Crippen LogP) is 7.88. The number of rotatable bonds is 9. The number of pyridine rings is 1. The molecule has 42 heavy (non-hydrogen) atoms. The van der Waals surface area contributed by atoms with E-state index < -0.39 is 15.8 Å². The lowest BCUT2D eigenvalue weighted by Gasteiger charge is -2.21. The third-order valence-corrected chi connectivity index (χ3v) is 12.0. The fourth-order valence-corrected chi connectivity index (χ4v) is 9.64. The normalized spacial score (nSPS) is 11.4. The van der Waals surface area contributed by atoms with Crippen LogP contribution in [0.4, 0.5) is 5.69 Å². The van der Waals surface area contributed by atoms with Crippen LogP contribution in [-0.2, 0) is 6.16 Å². The van der Waals surface area contributed by atoms with Crippen molar-refractivity contribution >= 4 is 65.9 Å². The quantitative estimate of drug-likeness (QED) is 0.123. The van der Waals surface area contributed by atoms with Gasteiger partial charge in [0.25, 0.3) is 0 Å². The summed E-state index contributed by atoms with van der Waals surface area (Å²) in [6.07, 6.45) is 2.73. The van der Waals surface area contributed by atoms with E-state index in [2.05, 4.69) is 140 Å². The Bertz CT molecular complexity index is 1680. The average Bonchev–Trinajstić information content (AvgIpc) is 3.06. The Morgan fingerprint density at radius 2 is 1.10 bits per heavy atom. The van der Waals surface area contributed by atoms with Gasteiger partial charge in [0, 0.05) is 22.2 Å². The van der Waals surface area contributed by atoms with Crippen LogP contribution in [0.3, 0.4) is 0 Å². The smallest absolute Gasteiger partial charge is 0.0816 e. The molecule has 0 unspecified atom stereocenters. The summed E-state index contributed by atoms with van der Waals surface area (Å²) < 4.78 is 0. The number of nitrogens with zero attached hydrogens (tertiary/aromatic N) is 2. The lowest BCUT2D eigenvalue weighted by Crippen LogP contribution is -2.20. The van der Waals surface area contributed by atoms with Crippen molar-refractivity contribution in [2.24, 2.45) is 4.99 Å². The third-order valence-electron chi connectivity index (χ3n) is 6.83. The first kappa shape index (κ1) is 28.2. The fourth-order valence-electron chi connectivity index (χ4n) is 4.87. The first-order chi connectivity index (χ1) is 20.7. The Balaban J connectivity index is 1.33. The van der Waals surface area contributed by atoms with E-state index in [0.717, 1.165) is 28.5 Å². The zero-order valence-corrected chi connectivity index (χ0v) is 25.5. The van der Waals surface area contributed by atoms with Crippen LogP contribution in [-0.4, -0.2) is 11.2 Å². The maximum atomic E-state index is 6.51. The highest BCUT2D eigenvalue weighted by atomic mass is 35.5. The van der Waals surface area contributed by atoms with Gasteiger partial charge >= 0.3 is 0 Å². The molecule has 0 saturated heterocycles. The van der Waals surface area contributed by atoms with Gasteiger partial charge in [-0.15, -0.1) is 0 Å². The Labute approximate surface area is 255 Å². The molecule has 6 rings (SSSR count). The van der Waals surface area contributed by atoms with Crippen molar-refractivity contribution in [1.29, 1.82) is 0 Å². The molecule has 0 aliphatic heterocycles. The van der Waals surface area contributed by atoms with E-state index in [1.54, 1.807) is 0 Å². The van der Waals surface area contributed by atoms with Crippen molar-refractivity contribution < 1.29 is 0 Å². The van der Waals surface area contributed by atoms with E-state index in [0.29, 0.717) is 5.02 Å². The molecule has 2 nitrogen and oxygen atoms in total. The van der Waals surface area contributed by atoms with Crippen LogP contribution in [0, 0.1) is 0 Å². The molecule has 0 aliphatic rings. The molecule has 0 radical (unpaired) electrons. The molecule has 1 aromatic heterocycles. The summed E-state index contributed by atoms with van der Waals surface area (Å²) in [5.41, 5.74) is 2.75. The second kappa shape index (κ2) is 13.8. The number of hydrogen-bond donors (Lipinski definition) is 0. The van der Waals surface area contributed by atoms with E-state index in [-0.39, 0.29) is 0 Å². The molecule has 5 heteroatoms. The minimum atomic E-state index is -0.819. The second-order valence-corrected chi connectivity index (χ2v) is 14.5. The average molecular weight is 599 g/mol. The highest BCUT2D eigenvalue weighted by Crippen LogP contribution is 2.38. The van der Waals surface area contributed by atoms with E-state index in [4.69, 9.17) is 21.6 Å². The van der Waals surface area contributed by atoms with Gasteiger partial charge in [-0.3, -0.25) is 9.98 Å². The first-order valence-corrected chi connectivity index (χ1v) is 17.1. The van der Waals surface area contributed by atoms with Crippen molar-refractivity contribution in [3.05, 3.63) is 174 Å². The summed E-state index contributed by atoms with van der Waals surface area (Å²) in [7, 11) is -1.40. The first-order valence-electron chi connectivity index (χ1n) is 13.8. The molecule has 0 amide bonds. The Kier molecular flexibility index (Phi) is 9.28. The van der Waals surface area contributed by atoms with E-state index >= 15 is 0 Å². The van der Waals surface area contributed by atoms with Crippen LogP contribution in [0.2, 0.25) is 5.02 Å². The molecule has 0 fully saturated rings. The van der Waals surface area contributed by atoms with Gasteiger partial charge in [-0.1, -0.05) is 145 Å². The summed E-state index contributed by atoms with van der Waals surface area (Å²) in [5.74, 6) is 0. The van der Waals surface area contributed by atoms with Crippen molar-refractivity contribution in [2.45, 2.75) is 6.16 Å².